The summed E-state index contributed by atoms with van der Waals surface area (Å²) in [7, 11) is 0. The van der Waals surface area contributed by atoms with E-state index in [0.717, 1.165) is 16.4 Å². The topological polar surface area (TPSA) is 50.7 Å². The minimum absolute atomic E-state index is 0.165. The van der Waals surface area contributed by atoms with E-state index in [-0.39, 0.29) is 12.1 Å². The second-order valence-corrected chi connectivity index (χ2v) is 5.71. The number of aromatic nitrogens is 3. The minimum Gasteiger partial charge on any atom is -0.300 e. The molecule has 0 saturated carbocycles. The van der Waals surface area contributed by atoms with Crippen LogP contribution in [0.4, 0.5) is 0 Å². The molecule has 2 unspecified atom stereocenters. The Balaban J connectivity index is 2.08. The lowest BCUT2D eigenvalue weighted by Gasteiger charge is -2.18. The number of thiazole rings is 1. The third-order valence-corrected chi connectivity index (χ3v) is 3.93. The van der Waals surface area contributed by atoms with Crippen LogP contribution in [0.5, 0.6) is 0 Å². The van der Waals surface area contributed by atoms with Gasteiger partial charge in [-0.05, 0) is 27.7 Å². The highest BCUT2D eigenvalue weighted by Crippen LogP contribution is 2.22. The molecule has 0 aromatic carbocycles. The fraction of sp³-hybridized carbons (Fsp3) is 0.462. The Morgan fingerprint density at radius 2 is 1.78 bits per heavy atom. The van der Waals surface area contributed by atoms with Crippen molar-refractivity contribution in [3.63, 3.8) is 0 Å². The Labute approximate surface area is 112 Å². The van der Waals surface area contributed by atoms with E-state index >= 15 is 0 Å². The highest BCUT2D eigenvalue weighted by atomic mass is 32.1. The van der Waals surface area contributed by atoms with Gasteiger partial charge >= 0.3 is 0 Å². The molecule has 0 radical (unpaired) electrons. The first kappa shape index (κ1) is 13.1. The molecular formula is C13H18N4S. The molecule has 0 saturated heterocycles. The molecule has 1 N–H and O–H groups in total. The molecule has 0 amide bonds. The molecule has 2 aromatic rings. The molecule has 0 spiro atoms. The van der Waals surface area contributed by atoms with Crippen molar-refractivity contribution in [1.29, 1.82) is 0 Å². The van der Waals surface area contributed by atoms with Crippen molar-refractivity contribution < 1.29 is 0 Å². The van der Waals surface area contributed by atoms with Gasteiger partial charge in [0.05, 0.1) is 17.4 Å². The summed E-state index contributed by atoms with van der Waals surface area (Å²) in [6, 6.07) is 0.387. The minimum atomic E-state index is 0.165. The van der Waals surface area contributed by atoms with Crippen LogP contribution in [0, 0.1) is 13.8 Å². The molecule has 2 atom stereocenters. The molecule has 0 aliphatic heterocycles. The number of aryl methyl sites for hydroxylation is 2. The molecule has 0 aliphatic rings. The fourth-order valence-electron chi connectivity index (χ4n) is 1.94. The van der Waals surface area contributed by atoms with Gasteiger partial charge in [-0.2, -0.15) is 0 Å². The van der Waals surface area contributed by atoms with Crippen LogP contribution in [0.15, 0.2) is 18.6 Å². The molecule has 4 nitrogen and oxygen atoms in total. The normalized spacial score (nSPS) is 14.4. The molecule has 18 heavy (non-hydrogen) atoms. The number of nitrogens with zero attached hydrogens (tertiary/aromatic N) is 3. The Morgan fingerprint density at radius 1 is 1.06 bits per heavy atom. The quantitative estimate of drug-likeness (QED) is 0.920. The van der Waals surface area contributed by atoms with E-state index in [0.29, 0.717) is 0 Å². The predicted molar refractivity (Wildman–Crippen MR) is 73.6 cm³/mol. The standard InChI is InChI=1S/C13H18N4S/c1-8-7-16-13(18-8)11(4)17-10(3)12-9(2)14-5-6-15-12/h5-7,10-11,17H,1-4H3. The van der Waals surface area contributed by atoms with Crippen molar-refractivity contribution in [3.05, 3.63) is 39.9 Å². The summed E-state index contributed by atoms with van der Waals surface area (Å²) in [5, 5.41) is 4.62. The van der Waals surface area contributed by atoms with Crippen molar-refractivity contribution in [2.45, 2.75) is 39.8 Å². The van der Waals surface area contributed by atoms with E-state index in [4.69, 9.17) is 0 Å². The van der Waals surface area contributed by atoms with E-state index in [2.05, 4.69) is 41.0 Å². The van der Waals surface area contributed by atoms with Crippen LogP contribution in [0.1, 0.15) is 47.2 Å². The summed E-state index contributed by atoms with van der Waals surface area (Å²) in [4.78, 5) is 14.3. The van der Waals surface area contributed by atoms with E-state index in [1.54, 1.807) is 23.7 Å². The molecule has 2 heterocycles. The molecule has 0 aliphatic carbocycles. The smallest absolute Gasteiger partial charge is 0.109 e. The largest absolute Gasteiger partial charge is 0.300 e. The summed E-state index contributed by atoms with van der Waals surface area (Å²) in [6.07, 6.45) is 5.37. The van der Waals surface area contributed by atoms with E-state index in [1.165, 1.54) is 4.88 Å². The van der Waals surface area contributed by atoms with Crippen LogP contribution < -0.4 is 5.32 Å². The van der Waals surface area contributed by atoms with Crippen LogP contribution in [-0.4, -0.2) is 15.0 Å². The lowest BCUT2D eigenvalue weighted by Crippen LogP contribution is -2.24. The first-order valence-corrected chi connectivity index (χ1v) is 6.85. The average Bonchev–Trinajstić information content (AvgIpc) is 2.76. The summed E-state index contributed by atoms with van der Waals surface area (Å²) in [6.45, 7) is 8.29. The van der Waals surface area contributed by atoms with E-state index < -0.39 is 0 Å². The van der Waals surface area contributed by atoms with Crippen LogP contribution in [0.25, 0.3) is 0 Å². The van der Waals surface area contributed by atoms with Gasteiger partial charge in [0.2, 0.25) is 0 Å². The third kappa shape index (κ3) is 2.91. The Hall–Kier alpha value is -1.33. The first-order valence-electron chi connectivity index (χ1n) is 6.04. The second kappa shape index (κ2) is 5.54. The van der Waals surface area contributed by atoms with Gasteiger partial charge in [0.15, 0.2) is 0 Å². The van der Waals surface area contributed by atoms with E-state index in [9.17, 15) is 0 Å². The molecule has 0 fully saturated rings. The molecule has 0 bridgehead atoms. The third-order valence-electron chi connectivity index (χ3n) is 2.84. The van der Waals surface area contributed by atoms with Crippen molar-refractivity contribution in [2.24, 2.45) is 0 Å². The zero-order chi connectivity index (χ0) is 13.1. The first-order chi connectivity index (χ1) is 8.58. The van der Waals surface area contributed by atoms with Crippen molar-refractivity contribution >= 4 is 11.3 Å². The van der Waals surface area contributed by atoms with Crippen molar-refractivity contribution in [3.8, 4) is 0 Å². The number of hydrogen-bond acceptors (Lipinski definition) is 5. The fourth-order valence-corrected chi connectivity index (χ4v) is 2.73. The van der Waals surface area contributed by atoms with Crippen molar-refractivity contribution in [1.82, 2.24) is 20.3 Å². The highest BCUT2D eigenvalue weighted by molar-refractivity contribution is 7.11. The maximum atomic E-state index is 4.40. The van der Waals surface area contributed by atoms with Gasteiger partial charge in [0, 0.05) is 29.5 Å². The number of rotatable bonds is 4. The van der Waals surface area contributed by atoms with Crippen LogP contribution in [0.3, 0.4) is 0 Å². The van der Waals surface area contributed by atoms with Gasteiger partial charge in [0.1, 0.15) is 5.01 Å². The number of hydrogen-bond donors (Lipinski definition) is 1. The Bertz CT molecular complexity index is 523. The zero-order valence-corrected chi connectivity index (χ0v) is 12.0. The number of nitrogens with one attached hydrogen (secondary N) is 1. The summed E-state index contributed by atoms with van der Waals surface area (Å²) >= 11 is 1.73. The molecular weight excluding hydrogens is 244 g/mol. The summed E-state index contributed by atoms with van der Waals surface area (Å²) in [5.74, 6) is 0. The van der Waals surface area contributed by atoms with Gasteiger partial charge < -0.3 is 0 Å². The van der Waals surface area contributed by atoms with E-state index in [1.807, 2.05) is 13.1 Å². The van der Waals surface area contributed by atoms with Crippen LogP contribution in [0.2, 0.25) is 0 Å². The average molecular weight is 262 g/mol. The Kier molecular flexibility index (Phi) is 4.04. The predicted octanol–water partition coefficient (Wildman–Crippen LogP) is 2.96. The molecule has 2 rings (SSSR count). The second-order valence-electron chi connectivity index (χ2n) is 4.45. The van der Waals surface area contributed by atoms with Crippen LogP contribution in [-0.2, 0) is 0 Å². The molecule has 5 heteroatoms. The zero-order valence-electron chi connectivity index (χ0n) is 11.1. The maximum absolute atomic E-state index is 4.40. The SMILES string of the molecule is Cc1cnc(C(C)NC(C)c2nccnc2C)s1. The van der Waals surface area contributed by atoms with Crippen molar-refractivity contribution in [2.75, 3.05) is 0 Å². The van der Waals surface area contributed by atoms with Crippen LogP contribution >= 0.6 is 11.3 Å². The maximum Gasteiger partial charge on any atom is 0.109 e. The molecule has 2 aromatic heterocycles. The Morgan fingerprint density at radius 3 is 2.39 bits per heavy atom. The monoisotopic (exact) mass is 262 g/mol. The van der Waals surface area contributed by atoms with Gasteiger partial charge in [-0.3, -0.25) is 15.3 Å². The van der Waals surface area contributed by atoms with Gasteiger partial charge in [0.25, 0.3) is 0 Å². The lowest BCUT2D eigenvalue weighted by atomic mass is 10.1. The molecule has 96 valence electrons. The van der Waals surface area contributed by atoms with Gasteiger partial charge in [-0.15, -0.1) is 11.3 Å². The van der Waals surface area contributed by atoms with Gasteiger partial charge in [-0.1, -0.05) is 0 Å². The summed E-state index contributed by atoms with van der Waals surface area (Å²) < 4.78 is 0. The van der Waals surface area contributed by atoms with Gasteiger partial charge in [-0.25, -0.2) is 4.98 Å². The highest BCUT2D eigenvalue weighted by Gasteiger charge is 2.16. The lowest BCUT2D eigenvalue weighted by molar-refractivity contribution is 0.481. The summed E-state index contributed by atoms with van der Waals surface area (Å²) in [5.41, 5.74) is 1.97.